The molecule has 2 aromatic carbocycles. The zero-order valence-electron chi connectivity index (χ0n) is 35.2. The number of primary amides is 1. The molecule has 0 saturated carbocycles. The minimum atomic E-state index is -0.658. The van der Waals surface area contributed by atoms with Crippen molar-refractivity contribution < 1.29 is 42.9 Å². The van der Waals surface area contributed by atoms with E-state index in [2.05, 4.69) is 20.5 Å². The van der Waals surface area contributed by atoms with E-state index < -0.39 is 30.0 Å². The summed E-state index contributed by atoms with van der Waals surface area (Å²) in [6.45, 7) is 8.82. The number of amides is 3. The van der Waals surface area contributed by atoms with Gasteiger partial charge in [0.05, 0.1) is 48.0 Å². The Morgan fingerprint density at radius 3 is 2.10 bits per heavy atom. The maximum absolute atomic E-state index is 13.8. The number of hydrogen-bond acceptors (Lipinski definition) is 13. The van der Waals surface area contributed by atoms with Crippen LogP contribution in [-0.4, -0.2) is 98.7 Å². The van der Waals surface area contributed by atoms with E-state index in [1.807, 2.05) is 30.6 Å². The zero-order chi connectivity index (χ0) is 44.0. The molecule has 0 bridgehead atoms. The van der Waals surface area contributed by atoms with Crippen molar-refractivity contribution in [1.82, 2.24) is 33.7 Å². The first-order chi connectivity index (χ1) is 29.3. The lowest BCUT2D eigenvalue weighted by molar-refractivity contribution is -0.110. The number of nitrogens with zero attached hydrogens (tertiary/aromatic N) is 8. The van der Waals surface area contributed by atoms with E-state index in [1.165, 1.54) is 39.8 Å². The molecule has 20 heteroatoms. The van der Waals surface area contributed by atoms with Crippen LogP contribution in [-0.2, 0) is 40.4 Å². The van der Waals surface area contributed by atoms with Gasteiger partial charge in [0, 0.05) is 52.4 Å². The number of nitrogens with two attached hydrogens (primary N) is 1. The molecular formula is C41H48N10O9S. The van der Waals surface area contributed by atoms with Gasteiger partial charge < -0.3 is 38.6 Å². The minimum absolute atomic E-state index is 0.163. The number of carbonyl (C=O) groups is 4. The Morgan fingerprint density at radius 1 is 0.836 bits per heavy atom. The van der Waals surface area contributed by atoms with E-state index in [0.29, 0.717) is 79.8 Å². The summed E-state index contributed by atoms with van der Waals surface area (Å²) in [5.74, 6) is -1.34. The van der Waals surface area contributed by atoms with Gasteiger partial charge in [0.1, 0.15) is 33.9 Å². The normalized spacial score (nSPS) is 12.0. The van der Waals surface area contributed by atoms with Gasteiger partial charge in [0.15, 0.2) is 11.1 Å². The van der Waals surface area contributed by atoms with Crippen LogP contribution in [0.4, 0.5) is 5.95 Å². The second-order valence-electron chi connectivity index (χ2n) is 13.6. The summed E-state index contributed by atoms with van der Waals surface area (Å²) < 4.78 is 35.0. The molecule has 6 rings (SSSR count). The van der Waals surface area contributed by atoms with Crippen molar-refractivity contribution in [3.05, 3.63) is 87.3 Å². The predicted octanol–water partition coefficient (Wildman–Crippen LogP) is 4.63. The molecule has 0 radical (unpaired) electrons. The summed E-state index contributed by atoms with van der Waals surface area (Å²) >= 11 is 1.19. The van der Waals surface area contributed by atoms with Gasteiger partial charge in [0.2, 0.25) is 11.9 Å². The third-order valence-corrected chi connectivity index (χ3v) is 10.7. The number of methoxy groups -OCH3 is 4. The summed E-state index contributed by atoms with van der Waals surface area (Å²) in [6, 6.07) is 9.67. The standard InChI is InChI=1S/C41H48N10O9S/c1-9-50-28(17-23(3)46-50)37(53)44-40-43-27-19-26(39(55)59-8)21-30(56-5)34(27)48(40)14-11-12-15-49-35-31(60-16-13-33(57-6)58-7)20-25(36(42)52)22-32(35)61-41(49)45-38(54)29-18-24(4)47-51(29)10-2/h11-12,17-22,33H,9-10,13-16H2,1-8H3,(H2,42,52)(H,43,44,53)/b12-11+,45-41-. The molecule has 0 atom stereocenters. The van der Waals surface area contributed by atoms with Gasteiger partial charge in [0.25, 0.3) is 11.8 Å². The predicted molar refractivity (Wildman–Crippen MR) is 226 cm³/mol. The third-order valence-electron chi connectivity index (χ3n) is 9.63. The fraction of sp³-hybridized carbons (Fsp3) is 0.366. The molecule has 0 spiro atoms. The highest BCUT2D eigenvalue weighted by molar-refractivity contribution is 7.16. The first-order valence-electron chi connectivity index (χ1n) is 19.3. The van der Waals surface area contributed by atoms with Crippen molar-refractivity contribution in [2.45, 2.75) is 66.6 Å². The van der Waals surface area contributed by atoms with Crippen LogP contribution in [0.2, 0.25) is 0 Å². The number of ether oxygens (including phenoxy) is 5. The SMILES string of the molecule is CCn1nc(C)cc1C(=O)/N=c1\sc2cc(C(N)=O)cc(OCCC(OC)OC)c2n1C/C=C/Cn1c(NC(=O)c2cc(C)nn2CC)nc2cc(C(=O)OC)cc(OC)c21. The van der Waals surface area contributed by atoms with Crippen LogP contribution in [0.1, 0.15) is 73.3 Å². The fourth-order valence-corrected chi connectivity index (χ4v) is 7.86. The number of aromatic nitrogens is 7. The molecule has 322 valence electrons. The van der Waals surface area contributed by atoms with E-state index in [-0.39, 0.29) is 36.8 Å². The third kappa shape index (κ3) is 9.40. The molecule has 61 heavy (non-hydrogen) atoms. The van der Waals surface area contributed by atoms with Gasteiger partial charge >= 0.3 is 5.97 Å². The molecule has 19 nitrogen and oxygen atoms in total. The second-order valence-corrected chi connectivity index (χ2v) is 14.6. The van der Waals surface area contributed by atoms with Gasteiger partial charge in [-0.25, -0.2) is 9.78 Å². The maximum Gasteiger partial charge on any atom is 0.338 e. The topological polar surface area (TPSA) is 223 Å². The Kier molecular flexibility index (Phi) is 13.8. The van der Waals surface area contributed by atoms with Crippen LogP contribution in [0.5, 0.6) is 11.5 Å². The number of allylic oxidation sites excluding steroid dienone is 2. The number of carbonyl (C=O) groups excluding carboxylic acids is 4. The Balaban J connectivity index is 1.45. The fourth-order valence-electron chi connectivity index (χ4n) is 6.77. The van der Waals surface area contributed by atoms with Crippen LogP contribution < -0.4 is 25.3 Å². The van der Waals surface area contributed by atoms with Crippen LogP contribution in [0.3, 0.4) is 0 Å². The van der Waals surface area contributed by atoms with E-state index >= 15 is 0 Å². The van der Waals surface area contributed by atoms with E-state index in [4.69, 9.17) is 34.4 Å². The van der Waals surface area contributed by atoms with Gasteiger partial charge in [-0.3, -0.25) is 29.1 Å². The Bertz CT molecular complexity index is 2720. The number of fused-ring (bicyclic) bond motifs is 2. The van der Waals surface area contributed by atoms with Crippen LogP contribution >= 0.6 is 11.3 Å². The summed E-state index contributed by atoms with van der Waals surface area (Å²) in [5, 5.41) is 11.7. The molecular weight excluding hydrogens is 809 g/mol. The first kappa shape index (κ1) is 43.9. The molecule has 4 heterocycles. The molecule has 0 aliphatic heterocycles. The average Bonchev–Trinajstić information content (AvgIpc) is 4.02. The molecule has 4 aromatic heterocycles. The average molecular weight is 857 g/mol. The summed E-state index contributed by atoms with van der Waals surface area (Å²) in [5.41, 5.74) is 9.64. The molecule has 0 saturated heterocycles. The van der Waals surface area contributed by atoms with Crippen molar-refractivity contribution in [3.63, 3.8) is 0 Å². The second kappa shape index (κ2) is 19.2. The minimum Gasteiger partial charge on any atom is -0.494 e. The largest absolute Gasteiger partial charge is 0.494 e. The van der Waals surface area contributed by atoms with Crippen molar-refractivity contribution in [2.24, 2.45) is 10.7 Å². The number of rotatable bonds is 18. The van der Waals surface area contributed by atoms with E-state index in [0.717, 1.165) is 0 Å². The van der Waals surface area contributed by atoms with Gasteiger partial charge in [-0.1, -0.05) is 23.5 Å². The number of nitrogens with one attached hydrogen (secondary N) is 1. The van der Waals surface area contributed by atoms with Crippen LogP contribution in [0.15, 0.2) is 53.5 Å². The van der Waals surface area contributed by atoms with Crippen LogP contribution in [0.25, 0.3) is 21.3 Å². The first-order valence-corrected chi connectivity index (χ1v) is 20.1. The quantitative estimate of drug-likeness (QED) is 0.0686. The highest BCUT2D eigenvalue weighted by Crippen LogP contribution is 2.33. The Morgan fingerprint density at radius 2 is 1.48 bits per heavy atom. The molecule has 0 aliphatic carbocycles. The van der Waals surface area contributed by atoms with Crippen molar-refractivity contribution in [1.29, 1.82) is 0 Å². The number of hydrogen-bond donors (Lipinski definition) is 2. The van der Waals surface area contributed by atoms with Crippen molar-refractivity contribution in [2.75, 3.05) is 40.4 Å². The molecule has 0 fully saturated rings. The molecule has 6 aromatic rings. The number of imidazole rings is 1. The van der Waals surface area contributed by atoms with Gasteiger partial charge in [-0.15, -0.1) is 0 Å². The summed E-state index contributed by atoms with van der Waals surface area (Å²) in [7, 11) is 5.80. The molecule has 3 N–H and O–H groups in total. The van der Waals surface area contributed by atoms with Gasteiger partial charge in [-0.05, 0) is 64.1 Å². The lowest BCUT2D eigenvalue weighted by atomic mass is 10.2. The smallest absolute Gasteiger partial charge is 0.338 e. The number of benzene rings is 2. The number of aryl methyl sites for hydroxylation is 4. The summed E-state index contributed by atoms with van der Waals surface area (Å²) in [4.78, 5) is 62.1. The lowest BCUT2D eigenvalue weighted by Gasteiger charge is -2.15. The zero-order valence-corrected chi connectivity index (χ0v) is 36.0. The van der Waals surface area contributed by atoms with Gasteiger partial charge in [-0.2, -0.15) is 15.2 Å². The number of thiazole rings is 1. The number of esters is 1. The van der Waals surface area contributed by atoms with E-state index in [1.54, 1.807) is 64.2 Å². The van der Waals surface area contributed by atoms with Crippen molar-refractivity contribution >= 4 is 62.2 Å². The summed E-state index contributed by atoms with van der Waals surface area (Å²) in [6.07, 6.45) is 3.55. The molecule has 0 unspecified atom stereocenters. The lowest BCUT2D eigenvalue weighted by Crippen LogP contribution is -2.20. The maximum atomic E-state index is 13.8. The highest BCUT2D eigenvalue weighted by atomic mass is 32.1. The van der Waals surface area contributed by atoms with Crippen molar-refractivity contribution in [3.8, 4) is 11.5 Å². The molecule has 0 aliphatic rings. The number of anilines is 1. The van der Waals surface area contributed by atoms with E-state index in [9.17, 15) is 19.2 Å². The van der Waals surface area contributed by atoms with Crippen LogP contribution in [0, 0.1) is 13.8 Å². The monoisotopic (exact) mass is 856 g/mol. The Hall–Kier alpha value is -6.64. The highest BCUT2D eigenvalue weighted by Gasteiger charge is 2.23. The molecule has 3 amide bonds. The Labute approximate surface area is 354 Å².